The zero-order valence-corrected chi connectivity index (χ0v) is 9.44. The molecule has 3 nitrogen and oxygen atoms in total. The number of carbonyl (C=O) groups is 1. The molecule has 1 aliphatic rings. The van der Waals surface area contributed by atoms with Gasteiger partial charge < -0.3 is 14.6 Å². The van der Waals surface area contributed by atoms with Crippen molar-refractivity contribution >= 4 is 18.2 Å². The number of hydrogen-bond acceptors (Lipinski definition) is 3. The lowest BCUT2D eigenvalue weighted by Gasteiger charge is -2.17. The van der Waals surface area contributed by atoms with E-state index in [1.807, 2.05) is 6.79 Å². The molecule has 2 rings (SSSR count). The van der Waals surface area contributed by atoms with Crippen LogP contribution in [0.1, 0.15) is 13.3 Å². The number of fused-ring (bicyclic) bond motifs is 1. The van der Waals surface area contributed by atoms with Crippen molar-refractivity contribution in [3.05, 3.63) is 24.3 Å². The van der Waals surface area contributed by atoms with Crippen LogP contribution in [0.5, 0.6) is 0 Å². The van der Waals surface area contributed by atoms with Gasteiger partial charge in [0.15, 0.2) is 0 Å². The topological polar surface area (TPSA) is 23.6 Å². The summed E-state index contributed by atoms with van der Waals surface area (Å²) in [5.74, 6) is 0. The molecule has 15 heavy (non-hydrogen) atoms. The number of hydrogen-bond donors (Lipinski definition) is 0. The summed E-state index contributed by atoms with van der Waals surface area (Å²) in [6.45, 7) is 6.41. The van der Waals surface area contributed by atoms with E-state index in [0.29, 0.717) is 0 Å². The molecule has 0 spiro atoms. The fraction of sp³-hybridized carbons (Fsp3) is 0.417. The van der Waals surface area contributed by atoms with Crippen LogP contribution in [0.3, 0.4) is 0 Å². The molecule has 0 aliphatic carbocycles. The molecule has 0 bridgehead atoms. The average Bonchev–Trinajstić information content (AvgIpc) is 2.61. The van der Waals surface area contributed by atoms with E-state index in [2.05, 4.69) is 48.0 Å². The van der Waals surface area contributed by atoms with E-state index in [1.165, 1.54) is 17.8 Å². The summed E-state index contributed by atoms with van der Waals surface area (Å²) in [6, 6.07) is 8.60. The first-order valence-electron chi connectivity index (χ1n) is 5.17. The second-order valence-electron chi connectivity index (χ2n) is 3.59. The molecule has 3 heteroatoms. The molecule has 0 saturated carbocycles. The quantitative estimate of drug-likeness (QED) is 0.740. The van der Waals surface area contributed by atoms with Crippen LogP contribution in [0, 0.1) is 0 Å². The van der Waals surface area contributed by atoms with Crippen LogP contribution >= 0.6 is 0 Å². The summed E-state index contributed by atoms with van der Waals surface area (Å²) >= 11 is 0. The Hall–Kier alpha value is -1.51. The van der Waals surface area contributed by atoms with Gasteiger partial charge >= 0.3 is 0 Å². The van der Waals surface area contributed by atoms with Gasteiger partial charge in [0.25, 0.3) is 0 Å². The number of anilines is 2. The Bertz CT molecular complexity index is 314. The maximum Gasteiger partial charge on any atom is 0.106 e. The smallest absolute Gasteiger partial charge is 0.106 e. The third kappa shape index (κ3) is 2.29. The highest BCUT2D eigenvalue weighted by molar-refractivity contribution is 5.75. The second kappa shape index (κ2) is 5.39. The molecular formula is C12H18N2O. The Morgan fingerprint density at radius 2 is 1.87 bits per heavy atom. The zero-order chi connectivity index (χ0) is 11.3. The Morgan fingerprint density at radius 3 is 2.47 bits per heavy atom. The van der Waals surface area contributed by atoms with Crippen molar-refractivity contribution in [3.63, 3.8) is 0 Å². The molecule has 0 amide bonds. The van der Waals surface area contributed by atoms with Gasteiger partial charge in [-0.2, -0.15) is 0 Å². The predicted octanol–water partition coefficient (Wildman–Crippen LogP) is 2.13. The predicted molar refractivity (Wildman–Crippen MR) is 64.5 cm³/mol. The van der Waals surface area contributed by atoms with E-state index in [0.717, 1.165) is 13.2 Å². The number of nitrogens with zero attached hydrogens (tertiary/aromatic N) is 2. The highest BCUT2D eigenvalue weighted by atomic mass is 16.1. The van der Waals surface area contributed by atoms with E-state index in [1.54, 1.807) is 0 Å². The lowest BCUT2D eigenvalue weighted by atomic mass is 10.2. The van der Waals surface area contributed by atoms with Crippen LogP contribution in [0.25, 0.3) is 0 Å². The fourth-order valence-corrected chi connectivity index (χ4v) is 1.92. The van der Waals surface area contributed by atoms with Crippen LogP contribution in [0.4, 0.5) is 11.4 Å². The minimum atomic E-state index is 1.03. The molecule has 0 N–H and O–H groups in total. The molecule has 1 heterocycles. The van der Waals surface area contributed by atoms with Gasteiger partial charge in [0.05, 0.1) is 18.0 Å². The minimum absolute atomic E-state index is 1.03. The number of benzene rings is 1. The first kappa shape index (κ1) is 11.6. The minimum Gasteiger partial charge on any atom is -0.355 e. The SMILES string of the molecule is C=O.CCCN1CN(C)c2ccccc21. The molecule has 1 aromatic carbocycles. The fourth-order valence-electron chi connectivity index (χ4n) is 1.92. The largest absolute Gasteiger partial charge is 0.355 e. The highest BCUT2D eigenvalue weighted by Gasteiger charge is 2.20. The van der Waals surface area contributed by atoms with Gasteiger partial charge in [-0.3, -0.25) is 0 Å². The standard InChI is InChI=1S/C11H16N2.CH2O/c1-3-8-13-9-12(2)10-6-4-5-7-11(10)13;1-2/h4-7H,3,8-9H2,1-2H3;1H2. The van der Waals surface area contributed by atoms with E-state index < -0.39 is 0 Å². The lowest BCUT2D eigenvalue weighted by molar-refractivity contribution is -0.0979. The molecule has 0 saturated heterocycles. The van der Waals surface area contributed by atoms with E-state index >= 15 is 0 Å². The van der Waals surface area contributed by atoms with Crippen molar-refractivity contribution in [3.8, 4) is 0 Å². The van der Waals surface area contributed by atoms with Crippen molar-refractivity contribution in [2.75, 3.05) is 30.1 Å². The summed E-state index contributed by atoms with van der Waals surface area (Å²) in [4.78, 5) is 12.7. The molecule has 0 atom stereocenters. The average molecular weight is 206 g/mol. The van der Waals surface area contributed by atoms with Crippen LogP contribution in [-0.4, -0.2) is 27.1 Å². The summed E-state index contributed by atoms with van der Waals surface area (Å²) in [6.07, 6.45) is 1.21. The van der Waals surface area contributed by atoms with Crippen LogP contribution in [-0.2, 0) is 4.79 Å². The van der Waals surface area contributed by atoms with Crippen molar-refractivity contribution < 1.29 is 4.79 Å². The Kier molecular flexibility index (Phi) is 4.16. The Balaban J connectivity index is 0.000000531. The van der Waals surface area contributed by atoms with Crippen LogP contribution in [0.2, 0.25) is 0 Å². The van der Waals surface area contributed by atoms with Crippen LogP contribution in [0.15, 0.2) is 24.3 Å². The molecule has 0 radical (unpaired) electrons. The summed E-state index contributed by atoms with van der Waals surface area (Å²) in [7, 11) is 2.15. The highest BCUT2D eigenvalue weighted by Crippen LogP contribution is 2.34. The summed E-state index contributed by atoms with van der Waals surface area (Å²) in [5, 5.41) is 0. The molecule has 0 unspecified atom stereocenters. The Labute approximate surface area is 91.3 Å². The second-order valence-corrected chi connectivity index (χ2v) is 3.59. The van der Waals surface area contributed by atoms with Crippen molar-refractivity contribution in [2.45, 2.75) is 13.3 Å². The third-order valence-electron chi connectivity index (χ3n) is 2.51. The van der Waals surface area contributed by atoms with Gasteiger partial charge in [-0.25, -0.2) is 0 Å². The van der Waals surface area contributed by atoms with Gasteiger partial charge in [0.1, 0.15) is 6.79 Å². The van der Waals surface area contributed by atoms with Crippen molar-refractivity contribution in [1.82, 2.24) is 0 Å². The number of rotatable bonds is 2. The van der Waals surface area contributed by atoms with Gasteiger partial charge in [-0.1, -0.05) is 19.1 Å². The van der Waals surface area contributed by atoms with Gasteiger partial charge in [-0.15, -0.1) is 0 Å². The first-order valence-corrected chi connectivity index (χ1v) is 5.17. The molecule has 0 fully saturated rings. The Morgan fingerprint density at radius 1 is 1.27 bits per heavy atom. The molecule has 1 aromatic rings. The molecule has 1 aliphatic heterocycles. The summed E-state index contributed by atoms with van der Waals surface area (Å²) in [5.41, 5.74) is 2.74. The summed E-state index contributed by atoms with van der Waals surface area (Å²) < 4.78 is 0. The zero-order valence-electron chi connectivity index (χ0n) is 9.44. The lowest BCUT2D eigenvalue weighted by Crippen LogP contribution is -2.28. The van der Waals surface area contributed by atoms with Crippen molar-refractivity contribution in [1.29, 1.82) is 0 Å². The van der Waals surface area contributed by atoms with Gasteiger partial charge in [0.2, 0.25) is 0 Å². The molecular weight excluding hydrogens is 188 g/mol. The van der Waals surface area contributed by atoms with Crippen LogP contribution < -0.4 is 9.80 Å². The first-order chi connectivity index (χ1) is 7.33. The van der Waals surface area contributed by atoms with Crippen molar-refractivity contribution in [2.24, 2.45) is 0 Å². The maximum absolute atomic E-state index is 8.00. The van der Waals surface area contributed by atoms with Gasteiger partial charge in [0, 0.05) is 13.6 Å². The van der Waals surface area contributed by atoms with E-state index in [9.17, 15) is 0 Å². The molecule has 0 aromatic heterocycles. The maximum atomic E-state index is 8.00. The number of para-hydroxylation sites is 2. The van der Waals surface area contributed by atoms with E-state index in [4.69, 9.17) is 4.79 Å². The monoisotopic (exact) mass is 206 g/mol. The van der Waals surface area contributed by atoms with Gasteiger partial charge in [-0.05, 0) is 18.6 Å². The normalized spacial score (nSPS) is 13.2. The van der Waals surface area contributed by atoms with E-state index in [-0.39, 0.29) is 0 Å². The third-order valence-corrected chi connectivity index (χ3v) is 2.51. The molecule has 82 valence electrons. The number of carbonyl (C=O) groups excluding carboxylic acids is 1.